The molecule has 0 aliphatic carbocycles. The van der Waals surface area contributed by atoms with E-state index in [1.165, 1.54) is 5.56 Å². The number of carbonyl (C=O) groups is 1. The van der Waals surface area contributed by atoms with Crippen molar-refractivity contribution in [2.75, 3.05) is 5.75 Å². The molecule has 0 aliphatic rings. The Kier molecular flexibility index (Phi) is 6.54. The first-order chi connectivity index (χ1) is 11.8. The highest BCUT2D eigenvalue weighted by Crippen LogP contribution is 2.22. The minimum Gasteiger partial charge on any atom is -0.349 e. The molecule has 2 unspecified atom stereocenters. The summed E-state index contributed by atoms with van der Waals surface area (Å²) in [7, 11) is -1.21. The molecule has 0 heterocycles. The van der Waals surface area contributed by atoms with Crippen molar-refractivity contribution in [1.29, 1.82) is 0 Å². The van der Waals surface area contributed by atoms with Gasteiger partial charge in [0.15, 0.2) is 0 Å². The third kappa shape index (κ3) is 6.13. The van der Waals surface area contributed by atoms with E-state index in [4.69, 9.17) is 0 Å². The summed E-state index contributed by atoms with van der Waals surface area (Å²) in [5.74, 6) is 0.247. The van der Waals surface area contributed by atoms with Gasteiger partial charge in [0.1, 0.15) is 5.75 Å². The number of benzene rings is 2. The average molecular weight is 358 g/mol. The van der Waals surface area contributed by atoms with Crippen LogP contribution in [0.1, 0.15) is 50.4 Å². The molecule has 25 heavy (non-hydrogen) atoms. The lowest BCUT2D eigenvalue weighted by molar-refractivity contribution is -0.119. The third-order valence-electron chi connectivity index (χ3n) is 4.12. The van der Waals surface area contributed by atoms with Crippen LogP contribution in [0.4, 0.5) is 0 Å². The van der Waals surface area contributed by atoms with E-state index in [1.807, 2.05) is 49.4 Å². The third-order valence-corrected chi connectivity index (χ3v) is 5.36. The lowest BCUT2D eigenvalue weighted by atomic mass is 9.87. The molecule has 4 heteroatoms. The van der Waals surface area contributed by atoms with Crippen LogP contribution in [-0.2, 0) is 26.8 Å². The number of nitrogens with one attached hydrogen (secondary N) is 1. The smallest absolute Gasteiger partial charge is 0.233 e. The van der Waals surface area contributed by atoms with E-state index < -0.39 is 10.8 Å². The zero-order chi connectivity index (χ0) is 18.4. The summed E-state index contributed by atoms with van der Waals surface area (Å²) in [6.45, 7) is 8.43. The van der Waals surface area contributed by atoms with Crippen LogP contribution in [0.2, 0.25) is 0 Å². The van der Waals surface area contributed by atoms with Crippen molar-refractivity contribution in [2.24, 2.45) is 0 Å². The van der Waals surface area contributed by atoms with E-state index in [2.05, 4.69) is 38.2 Å². The number of amides is 1. The maximum absolute atomic E-state index is 12.3. The molecule has 2 atom stereocenters. The Morgan fingerprint density at radius 2 is 1.64 bits per heavy atom. The van der Waals surface area contributed by atoms with Crippen molar-refractivity contribution in [3.05, 3.63) is 71.3 Å². The van der Waals surface area contributed by atoms with Crippen LogP contribution in [0.3, 0.4) is 0 Å². The fourth-order valence-electron chi connectivity index (χ4n) is 2.59. The minimum atomic E-state index is -1.21. The summed E-state index contributed by atoms with van der Waals surface area (Å²) in [5, 5.41) is 2.91. The molecular weight excluding hydrogens is 330 g/mol. The van der Waals surface area contributed by atoms with Gasteiger partial charge >= 0.3 is 0 Å². The van der Waals surface area contributed by atoms with Crippen LogP contribution in [-0.4, -0.2) is 15.9 Å². The SMILES string of the molecule is CC(NC(=O)CS(=O)Cc1ccc(C(C)(C)C)cc1)c1ccccc1. The van der Waals surface area contributed by atoms with Gasteiger partial charge in [-0.25, -0.2) is 0 Å². The second-order valence-electron chi connectivity index (χ2n) is 7.38. The Morgan fingerprint density at radius 3 is 2.20 bits per heavy atom. The first-order valence-corrected chi connectivity index (χ1v) is 10.0. The number of hydrogen-bond donors (Lipinski definition) is 1. The number of carbonyl (C=O) groups excluding carboxylic acids is 1. The highest BCUT2D eigenvalue weighted by atomic mass is 32.2. The highest BCUT2D eigenvalue weighted by molar-refractivity contribution is 7.84. The fourth-order valence-corrected chi connectivity index (χ4v) is 3.63. The maximum Gasteiger partial charge on any atom is 0.233 e. The summed E-state index contributed by atoms with van der Waals surface area (Å²) in [5.41, 5.74) is 3.39. The molecule has 0 fully saturated rings. The van der Waals surface area contributed by atoms with Gasteiger partial charge in [0, 0.05) is 16.6 Å². The Hall–Kier alpha value is -1.94. The van der Waals surface area contributed by atoms with E-state index in [1.54, 1.807) is 0 Å². The van der Waals surface area contributed by atoms with E-state index in [-0.39, 0.29) is 23.1 Å². The lowest BCUT2D eigenvalue weighted by Crippen LogP contribution is -2.31. The van der Waals surface area contributed by atoms with Crippen molar-refractivity contribution < 1.29 is 9.00 Å². The van der Waals surface area contributed by atoms with E-state index in [0.29, 0.717) is 5.75 Å². The molecule has 2 aromatic rings. The highest BCUT2D eigenvalue weighted by Gasteiger charge is 2.15. The van der Waals surface area contributed by atoms with Crippen LogP contribution in [0.5, 0.6) is 0 Å². The summed E-state index contributed by atoms with van der Waals surface area (Å²) in [6, 6.07) is 17.8. The molecule has 1 amide bonds. The molecule has 0 aliphatic heterocycles. The van der Waals surface area contributed by atoms with Crippen molar-refractivity contribution >= 4 is 16.7 Å². The van der Waals surface area contributed by atoms with Gasteiger partial charge in [-0.15, -0.1) is 0 Å². The van der Waals surface area contributed by atoms with Gasteiger partial charge < -0.3 is 5.32 Å². The molecule has 134 valence electrons. The standard InChI is InChI=1S/C21H27NO2S/c1-16(18-8-6-5-7-9-18)22-20(23)15-25(24)14-17-10-12-19(13-11-17)21(2,3)4/h5-13,16H,14-15H2,1-4H3,(H,22,23). The predicted molar refractivity (Wildman–Crippen MR) is 105 cm³/mol. The molecule has 0 aromatic heterocycles. The van der Waals surface area contributed by atoms with Crippen molar-refractivity contribution in [3.63, 3.8) is 0 Å². The van der Waals surface area contributed by atoms with Crippen molar-refractivity contribution in [3.8, 4) is 0 Å². The van der Waals surface area contributed by atoms with E-state index in [0.717, 1.165) is 11.1 Å². The van der Waals surface area contributed by atoms with Gasteiger partial charge in [-0.1, -0.05) is 75.4 Å². The molecule has 3 nitrogen and oxygen atoms in total. The van der Waals surface area contributed by atoms with Gasteiger partial charge in [0.25, 0.3) is 0 Å². The van der Waals surface area contributed by atoms with Crippen LogP contribution in [0, 0.1) is 0 Å². The second-order valence-corrected chi connectivity index (χ2v) is 8.83. The fraction of sp³-hybridized carbons (Fsp3) is 0.381. The topological polar surface area (TPSA) is 46.2 Å². The lowest BCUT2D eigenvalue weighted by Gasteiger charge is -2.19. The molecule has 2 rings (SSSR count). The molecule has 2 aromatic carbocycles. The van der Waals surface area contributed by atoms with Crippen LogP contribution >= 0.6 is 0 Å². The quantitative estimate of drug-likeness (QED) is 0.846. The molecule has 1 N–H and O–H groups in total. The molecule has 0 spiro atoms. The first kappa shape index (κ1) is 19.4. The van der Waals surface area contributed by atoms with Crippen molar-refractivity contribution in [1.82, 2.24) is 5.32 Å². The average Bonchev–Trinajstić information content (AvgIpc) is 2.55. The number of rotatable bonds is 6. The summed E-state index contributed by atoms with van der Waals surface area (Å²) < 4.78 is 12.3. The number of hydrogen-bond acceptors (Lipinski definition) is 2. The van der Waals surface area contributed by atoms with Gasteiger partial charge in [-0.3, -0.25) is 9.00 Å². The molecule has 0 bridgehead atoms. The van der Waals surface area contributed by atoms with Crippen LogP contribution in [0.25, 0.3) is 0 Å². The molecule has 0 saturated heterocycles. The second kappa shape index (κ2) is 8.43. The minimum absolute atomic E-state index is 0.0260. The zero-order valence-electron chi connectivity index (χ0n) is 15.4. The Labute approximate surface area is 153 Å². The maximum atomic E-state index is 12.3. The van der Waals surface area contributed by atoms with Gasteiger partial charge in [0.2, 0.25) is 5.91 Å². The molecule has 0 saturated carbocycles. The summed E-state index contributed by atoms with van der Waals surface area (Å²) >= 11 is 0. The van der Waals surface area contributed by atoms with Crippen LogP contribution < -0.4 is 5.32 Å². The largest absolute Gasteiger partial charge is 0.349 e. The summed E-state index contributed by atoms with van der Waals surface area (Å²) in [6.07, 6.45) is 0. The van der Waals surface area contributed by atoms with Crippen molar-refractivity contribution in [2.45, 2.75) is 44.9 Å². The molecular formula is C21H27NO2S. The Morgan fingerprint density at radius 1 is 1.04 bits per heavy atom. The normalized spacial score (nSPS) is 13.9. The summed E-state index contributed by atoms with van der Waals surface area (Å²) in [4.78, 5) is 12.1. The van der Waals surface area contributed by atoms with Gasteiger partial charge in [-0.05, 0) is 29.0 Å². The Balaban J connectivity index is 1.86. The predicted octanol–water partition coefficient (Wildman–Crippen LogP) is 4.11. The first-order valence-electron chi connectivity index (χ1n) is 8.54. The van der Waals surface area contributed by atoms with E-state index >= 15 is 0 Å². The van der Waals surface area contributed by atoms with E-state index in [9.17, 15) is 9.00 Å². The Bertz CT molecular complexity index is 718. The zero-order valence-corrected chi connectivity index (χ0v) is 16.2. The monoisotopic (exact) mass is 357 g/mol. The van der Waals surface area contributed by atoms with Gasteiger partial charge in [-0.2, -0.15) is 0 Å². The van der Waals surface area contributed by atoms with Crippen LogP contribution in [0.15, 0.2) is 54.6 Å². The molecule has 0 radical (unpaired) electrons. The van der Waals surface area contributed by atoms with Gasteiger partial charge in [0.05, 0.1) is 6.04 Å².